The van der Waals surface area contributed by atoms with E-state index >= 15 is 0 Å². The molecule has 2 nitrogen and oxygen atoms in total. The smallest absolute Gasteiger partial charge is 0.0576 e. The molecule has 0 amide bonds. The van der Waals surface area contributed by atoms with Gasteiger partial charge in [0.2, 0.25) is 0 Å². The van der Waals surface area contributed by atoms with E-state index in [1.165, 1.54) is 38.5 Å². The fraction of sp³-hybridized carbons (Fsp3) is 1.00. The van der Waals surface area contributed by atoms with Gasteiger partial charge in [-0.3, -0.25) is 0 Å². The summed E-state index contributed by atoms with van der Waals surface area (Å²) in [5.41, 5.74) is 0. The van der Waals surface area contributed by atoms with Gasteiger partial charge in [0.1, 0.15) is 0 Å². The van der Waals surface area contributed by atoms with Gasteiger partial charge in [-0.1, -0.05) is 12.8 Å². The number of ether oxygens (including phenoxy) is 1. The molecule has 0 aromatic heterocycles. The van der Waals surface area contributed by atoms with Crippen LogP contribution in [0.3, 0.4) is 0 Å². The molecule has 12 heavy (non-hydrogen) atoms. The highest BCUT2D eigenvalue weighted by Gasteiger charge is 2.13. The summed E-state index contributed by atoms with van der Waals surface area (Å²) < 4.78 is 5.54. The minimum Gasteiger partial charge on any atom is -0.378 e. The van der Waals surface area contributed by atoms with Gasteiger partial charge in [0, 0.05) is 6.61 Å². The van der Waals surface area contributed by atoms with E-state index in [0.29, 0.717) is 6.10 Å². The second kappa shape index (κ2) is 6.44. The highest BCUT2D eigenvalue weighted by molar-refractivity contribution is 4.64. The van der Waals surface area contributed by atoms with Crippen LogP contribution in [0, 0.1) is 0 Å². The van der Waals surface area contributed by atoms with Gasteiger partial charge < -0.3 is 10.1 Å². The predicted molar refractivity (Wildman–Crippen MR) is 51.4 cm³/mol. The van der Waals surface area contributed by atoms with Crippen LogP contribution in [0.5, 0.6) is 0 Å². The van der Waals surface area contributed by atoms with Gasteiger partial charge in [-0.05, 0) is 39.3 Å². The minimum atomic E-state index is 0.597. The highest BCUT2D eigenvalue weighted by Crippen LogP contribution is 2.17. The van der Waals surface area contributed by atoms with Crippen molar-refractivity contribution in [1.82, 2.24) is 5.32 Å². The molecule has 0 bridgehead atoms. The maximum Gasteiger partial charge on any atom is 0.0576 e. The first-order valence-electron chi connectivity index (χ1n) is 5.19. The molecule has 1 aliphatic rings. The van der Waals surface area contributed by atoms with Crippen molar-refractivity contribution >= 4 is 0 Å². The van der Waals surface area contributed by atoms with Crippen LogP contribution in [-0.2, 0) is 4.74 Å². The third-order valence-electron chi connectivity index (χ3n) is 2.48. The zero-order valence-corrected chi connectivity index (χ0v) is 8.14. The number of hydrogen-bond acceptors (Lipinski definition) is 2. The summed E-state index contributed by atoms with van der Waals surface area (Å²) in [5, 5.41) is 3.16. The fourth-order valence-corrected chi connectivity index (χ4v) is 1.72. The largest absolute Gasteiger partial charge is 0.378 e. The molecule has 0 spiro atoms. The first kappa shape index (κ1) is 10.0. The molecule has 1 heterocycles. The molecule has 1 fully saturated rings. The number of nitrogens with one attached hydrogen (secondary N) is 1. The molecule has 1 N–H and O–H groups in total. The van der Waals surface area contributed by atoms with Crippen LogP contribution in [0.4, 0.5) is 0 Å². The topological polar surface area (TPSA) is 21.3 Å². The Kier molecular flexibility index (Phi) is 5.37. The van der Waals surface area contributed by atoms with Gasteiger partial charge >= 0.3 is 0 Å². The van der Waals surface area contributed by atoms with E-state index in [0.717, 1.165) is 13.2 Å². The Bertz CT molecular complexity index is 100. The van der Waals surface area contributed by atoms with Crippen molar-refractivity contribution in [2.75, 3.05) is 20.2 Å². The Balaban J connectivity index is 1.81. The molecule has 2 heteroatoms. The lowest BCUT2D eigenvalue weighted by Gasteiger charge is -2.07. The summed E-state index contributed by atoms with van der Waals surface area (Å²) in [7, 11) is 2.01. The average Bonchev–Trinajstić information content (AvgIpc) is 2.57. The Hall–Kier alpha value is -0.0800. The van der Waals surface area contributed by atoms with E-state index in [9.17, 15) is 0 Å². The van der Waals surface area contributed by atoms with E-state index in [1.54, 1.807) is 0 Å². The first-order chi connectivity index (χ1) is 5.93. The first-order valence-corrected chi connectivity index (χ1v) is 5.19. The second-order valence-electron chi connectivity index (χ2n) is 3.59. The quantitative estimate of drug-likeness (QED) is 0.617. The molecule has 0 radical (unpaired) electrons. The van der Waals surface area contributed by atoms with Crippen molar-refractivity contribution in [3.63, 3.8) is 0 Å². The standard InChI is InChI=1S/C10H21NO/c1-11-8-4-2-3-6-10-7-5-9-12-10/h10-11H,2-9H2,1H3. The van der Waals surface area contributed by atoms with Crippen molar-refractivity contribution in [3.8, 4) is 0 Å². The van der Waals surface area contributed by atoms with E-state index in [-0.39, 0.29) is 0 Å². The van der Waals surface area contributed by atoms with E-state index < -0.39 is 0 Å². The predicted octanol–water partition coefficient (Wildman–Crippen LogP) is 1.95. The van der Waals surface area contributed by atoms with Crippen LogP contribution in [0.1, 0.15) is 38.5 Å². The highest BCUT2D eigenvalue weighted by atomic mass is 16.5. The molecule has 0 saturated carbocycles. The molecule has 0 aromatic rings. The fourth-order valence-electron chi connectivity index (χ4n) is 1.72. The van der Waals surface area contributed by atoms with Crippen LogP contribution >= 0.6 is 0 Å². The van der Waals surface area contributed by atoms with E-state index in [4.69, 9.17) is 4.74 Å². The molecular formula is C10H21NO. The summed E-state index contributed by atoms with van der Waals surface area (Å²) in [6.07, 6.45) is 8.45. The van der Waals surface area contributed by atoms with Gasteiger partial charge in [-0.2, -0.15) is 0 Å². The Morgan fingerprint density at radius 2 is 2.25 bits per heavy atom. The summed E-state index contributed by atoms with van der Waals surface area (Å²) in [4.78, 5) is 0. The number of rotatable bonds is 6. The van der Waals surface area contributed by atoms with Crippen LogP contribution in [0.2, 0.25) is 0 Å². The Morgan fingerprint density at radius 3 is 2.92 bits per heavy atom. The molecule has 1 rings (SSSR count). The Labute approximate surface area is 75.7 Å². The molecule has 1 unspecified atom stereocenters. The zero-order chi connectivity index (χ0) is 8.65. The molecule has 1 atom stereocenters. The Morgan fingerprint density at radius 1 is 1.33 bits per heavy atom. The van der Waals surface area contributed by atoms with Crippen LogP contribution in [0.25, 0.3) is 0 Å². The van der Waals surface area contributed by atoms with Crippen LogP contribution < -0.4 is 5.32 Å². The third-order valence-corrected chi connectivity index (χ3v) is 2.48. The van der Waals surface area contributed by atoms with Gasteiger partial charge in [-0.25, -0.2) is 0 Å². The van der Waals surface area contributed by atoms with E-state index in [2.05, 4.69) is 5.32 Å². The van der Waals surface area contributed by atoms with Crippen molar-refractivity contribution < 1.29 is 4.74 Å². The van der Waals surface area contributed by atoms with Crippen molar-refractivity contribution in [2.45, 2.75) is 44.6 Å². The minimum absolute atomic E-state index is 0.597. The molecule has 1 saturated heterocycles. The summed E-state index contributed by atoms with van der Waals surface area (Å²) in [5.74, 6) is 0. The van der Waals surface area contributed by atoms with Gasteiger partial charge in [0.25, 0.3) is 0 Å². The van der Waals surface area contributed by atoms with E-state index in [1.807, 2.05) is 7.05 Å². The van der Waals surface area contributed by atoms with Gasteiger partial charge in [0.05, 0.1) is 6.10 Å². The van der Waals surface area contributed by atoms with Crippen LogP contribution in [-0.4, -0.2) is 26.3 Å². The normalized spacial score (nSPS) is 23.2. The summed E-state index contributed by atoms with van der Waals surface area (Å²) in [6, 6.07) is 0. The van der Waals surface area contributed by atoms with Gasteiger partial charge in [-0.15, -0.1) is 0 Å². The zero-order valence-electron chi connectivity index (χ0n) is 8.14. The third kappa shape index (κ3) is 4.07. The van der Waals surface area contributed by atoms with Crippen molar-refractivity contribution in [3.05, 3.63) is 0 Å². The second-order valence-corrected chi connectivity index (χ2v) is 3.59. The summed E-state index contributed by atoms with van der Waals surface area (Å²) in [6.45, 7) is 2.16. The number of hydrogen-bond donors (Lipinski definition) is 1. The average molecular weight is 171 g/mol. The molecule has 72 valence electrons. The van der Waals surface area contributed by atoms with Crippen molar-refractivity contribution in [1.29, 1.82) is 0 Å². The maximum atomic E-state index is 5.54. The molecule has 1 aliphatic heterocycles. The summed E-state index contributed by atoms with van der Waals surface area (Å²) >= 11 is 0. The molecular weight excluding hydrogens is 150 g/mol. The molecule has 0 aromatic carbocycles. The van der Waals surface area contributed by atoms with Crippen molar-refractivity contribution in [2.24, 2.45) is 0 Å². The van der Waals surface area contributed by atoms with Crippen LogP contribution in [0.15, 0.2) is 0 Å². The lowest BCUT2D eigenvalue weighted by atomic mass is 10.1. The van der Waals surface area contributed by atoms with Gasteiger partial charge in [0.15, 0.2) is 0 Å². The lowest BCUT2D eigenvalue weighted by molar-refractivity contribution is 0.102. The molecule has 0 aliphatic carbocycles. The maximum absolute atomic E-state index is 5.54. The number of unbranched alkanes of at least 4 members (excludes halogenated alkanes) is 2. The SMILES string of the molecule is CNCCCCCC1CCCO1. The monoisotopic (exact) mass is 171 g/mol. The lowest BCUT2D eigenvalue weighted by Crippen LogP contribution is -2.08.